The van der Waals surface area contributed by atoms with Crippen molar-refractivity contribution in [3.8, 4) is 11.3 Å². The van der Waals surface area contributed by atoms with Gasteiger partial charge < -0.3 is 4.74 Å². The number of hydrogen-bond donors (Lipinski definition) is 0. The number of nitrogens with zero attached hydrogens (tertiary/aromatic N) is 2. The Bertz CT molecular complexity index is 1740. The maximum Gasteiger partial charge on any atom is 0.339 e. The average Bonchev–Trinajstić information content (AvgIpc) is 3.76. The first kappa shape index (κ1) is 24.6. The van der Waals surface area contributed by atoms with Gasteiger partial charge in [-0.15, -0.1) is 11.3 Å². The van der Waals surface area contributed by atoms with Gasteiger partial charge in [-0.3, -0.25) is 19.3 Å². The maximum absolute atomic E-state index is 13.3. The van der Waals surface area contributed by atoms with Crippen molar-refractivity contribution in [2.24, 2.45) is 23.7 Å². The second-order valence-corrected chi connectivity index (χ2v) is 11.5. The third-order valence-corrected chi connectivity index (χ3v) is 9.28. The number of benzene rings is 2. The number of hydrogen-bond acceptors (Lipinski definition) is 7. The number of pyridine rings is 1. The number of anilines is 1. The van der Waals surface area contributed by atoms with Gasteiger partial charge in [-0.25, -0.2) is 9.78 Å². The predicted molar refractivity (Wildman–Crippen MR) is 151 cm³/mol. The van der Waals surface area contributed by atoms with Gasteiger partial charge in [-0.1, -0.05) is 48.0 Å². The van der Waals surface area contributed by atoms with Crippen molar-refractivity contribution < 1.29 is 23.9 Å². The number of ketones is 1. The lowest BCUT2D eigenvalue weighted by molar-refractivity contribution is -0.123. The number of Topliss-reactive ketones (excluding diaryl/α,β-unsaturated/α-hetero) is 1. The van der Waals surface area contributed by atoms with Crippen molar-refractivity contribution in [1.29, 1.82) is 0 Å². The SMILES string of the molecule is CC1=CC2CC1C1C(=O)N(c3ccc(-c4cc(C(=O)OCC(=O)c5cccs5)c5ccccc5n4)cc3)C(=O)C21. The lowest BCUT2D eigenvalue weighted by Gasteiger charge is -2.19. The Hall–Kier alpha value is -4.43. The molecule has 0 radical (unpaired) electrons. The highest BCUT2D eigenvalue weighted by molar-refractivity contribution is 7.12. The molecule has 3 aliphatic rings. The molecule has 2 bridgehead atoms. The molecule has 2 aromatic carbocycles. The summed E-state index contributed by atoms with van der Waals surface area (Å²) in [6, 6.07) is 19.5. The second-order valence-electron chi connectivity index (χ2n) is 10.6. The third-order valence-electron chi connectivity index (χ3n) is 8.37. The quantitative estimate of drug-likeness (QED) is 0.133. The summed E-state index contributed by atoms with van der Waals surface area (Å²) in [4.78, 5) is 58.7. The van der Waals surface area contributed by atoms with Crippen molar-refractivity contribution in [3.05, 3.63) is 94.2 Å². The van der Waals surface area contributed by atoms with Crippen LogP contribution in [0.3, 0.4) is 0 Å². The van der Waals surface area contributed by atoms with Gasteiger partial charge in [0.05, 0.1) is 39.2 Å². The summed E-state index contributed by atoms with van der Waals surface area (Å²) in [5.41, 5.74) is 3.93. The summed E-state index contributed by atoms with van der Waals surface area (Å²) in [6.45, 7) is 1.70. The number of allylic oxidation sites excluding steroid dienone is 2. The first-order valence-corrected chi connectivity index (χ1v) is 14.1. The number of imide groups is 1. The number of rotatable bonds is 6. The molecule has 7 nitrogen and oxygen atoms in total. The standard InChI is InChI=1S/C32H24N2O5S/c1-17-13-19-14-22(17)29-28(19)30(36)34(31(29)37)20-10-8-18(9-11-20)25-15-23(21-5-2-3-6-24(21)33-25)32(38)39-16-26(35)27-7-4-12-40-27/h2-13,15,19,22,28-29H,14,16H2,1H3. The molecule has 4 unspecified atom stereocenters. The maximum atomic E-state index is 13.3. The molecule has 0 N–H and O–H groups in total. The summed E-state index contributed by atoms with van der Waals surface area (Å²) >= 11 is 1.30. The number of esters is 1. The number of ether oxygens (including phenoxy) is 1. The summed E-state index contributed by atoms with van der Waals surface area (Å²) < 4.78 is 5.39. The van der Waals surface area contributed by atoms with Gasteiger partial charge in [0.15, 0.2) is 6.61 Å². The Morgan fingerprint density at radius 1 is 1.00 bits per heavy atom. The minimum Gasteiger partial charge on any atom is -0.454 e. The highest BCUT2D eigenvalue weighted by Crippen LogP contribution is 2.55. The molecule has 0 spiro atoms. The largest absolute Gasteiger partial charge is 0.454 e. The fourth-order valence-corrected chi connectivity index (χ4v) is 7.17. The molecule has 1 aliphatic heterocycles. The van der Waals surface area contributed by atoms with E-state index < -0.39 is 5.97 Å². The summed E-state index contributed by atoms with van der Waals surface area (Å²) in [5.74, 6) is -1.31. The lowest BCUT2D eigenvalue weighted by Crippen LogP contribution is -2.32. The lowest BCUT2D eigenvalue weighted by atomic mass is 9.82. The molecule has 40 heavy (non-hydrogen) atoms. The van der Waals surface area contributed by atoms with Gasteiger partial charge in [0, 0.05) is 10.9 Å². The average molecular weight is 549 g/mol. The highest BCUT2D eigenvalue weighted by Gasteiger charge is 2.60. The van der Waals surface area contributed by atoms with Crippen molar-refractivity contribution in [2.45, 2.75) is 13.3 Å². The molecule has 4 aromatic rings. The number of aromatic nitrogens is 1. The monoisotopic (exact) mass is 548 g/mol. The molecule has 2 amide bonds. The molecule has 1 saturated carbocycles. The number of thiophene rings is 1. The molecule has 2 fully saturated rings. The van der Waals surface area contributed by atoms with Gasteiger partial charge in [0.2, 0.25) is 17.6 Å². The first-order valence-electron chi connectivity index (χ1n) is 13.2. The van der Waals surface area contributed by atoms with Crippen LogP contribution < -0.4 is 4.90 Å². The minimum atomic E-state index is -0.611. The van der Waals surface area contributed by atoms with E-state index in [9.17, 15) is 19.2 Å². The number of carbonyl (C=O) groups is 4. The van der Waals surface area contributed by atoms with Crippen LogP contribution in [-0.2, 0) is 14.3 Å². The fraction of sp³-hybridized carbons (Fsp3) is 0.219. The number of carbonyl (C=O) groups excluding carboxylic acids is 4. The molecule has 2 aliphatic carbocycles. The molecule has 7 rings (SSSR count). The third kappa shape index (κ3) is 3.82. The minimum absolute atomic E-state index is 0.117. The zero-order valence-corrected chi connectivity index (χ0v) is 22.4. The van der Waals surface area contributed by atoms with E-state index in [0.717, 1.165) is 12.0 Å². The molecular weight excluding hydrogens is 524 g/mol. The van der Waals surface area contributed by atoms with E-state index in [-0.39, 0.29) is 47.9 Å². The van der Waals surface area contributed by atoms with Crippen LogP contribution >= 0.6 is 11.3 Å². The zero-order chi connectivity index (χ0) is 27.5. The summed E-state index contributed by atoms with van der Waals surface area (Å²) in [5, 5.41) is 2.42. The van der Waals surface area contributed by atoms with E-state index in [1.54, 1.807) is 53.9 Å². The number of amides is 2. The Morgan fingerprint density at radius 2 is 1.77 bits per heavy atom. The molecule has 3 heterocycles. The van der Waals surface area contributed by atoms with E-state index in [0.29, 0.717) is 32.7 Å². The van der Waals surface area contributed by atoms with Crippen molar-refractivity contribution in [1.82, 2.24) is 4.98 Å². The Morgan fingerprint density at radius 3 is 2.55 bits per heavy atom. The molecule has 1 saturated heterocycles. The van der Waals surface area contributed by atoms with Crippen LogP contribution in [0.2, 0.25) is 0 Å². The van der Waals surface area contributed by atoms with Gasteiger partial charge in [-0.2, -0.15) is 0 Å². The summed E-state index contributed by atoms with van der Waals surface area (Å²) in [6.07, 6.45) is 3.06. The molecule has 8 heteroatoms. The van der Waals surface area contributed by atoms with Crippen LogP contribution in [0.15, 0.2) is 83.8 Å². The Balaban J connectivity index is 1.16. The highest BCUT2D eigenvalue weighted by atomic mass is 32.1. The van der Waals surface area contributed by atoms with Gasteiger partial charge >= 0.3 is 5.97 Å². The van der Waals surface area contributed by atoms with Crippen molar-refractivity contribution in [2.75, 3.05) is 11.5 Å². The van der Waals surface area contributed by atoms with E-state index in [2.05, 4.69) is 13.0 Å². The fourth-order valence-electron chi connectivity index (χ4n) is 6.52. The molecule has 4 atom stereocenters. The molecular formula is C32H24N2O5S. The van der Waals surface area contributed by atoms with E-state index >= 15 is 0 Å². The Labute approximate surface area is 234 Å². The molecule has 2 aromatic heterocycles. The van der Waals surface area contributed by atoms with Gasteiger partial charge in [0.25, 0.3) is 0 Å². The topological polar surface area (TPSA) is 93.6 Å². The van der Waals surface area contributed by atoms with Crippen molar-refractivity contribution >= 4 is 51.5 Å². The van der Waals surface area contributed by atoms with E-state index in [1.165, 1.54) is 21.8 Å². The van der Waals surface area contributed by atoms with Gasteiger partial charge in [0.1, 0.15) is 0 Å². The van der Waals surface area contributed by atoms with Crippen LogP contribution in [0.4, 0.5) is 5.69 Å². The van der Waals surface area contributed by atoms with Crippen LogP contribution in [0.5, 0.6) is 0 Å². The van der Waals surface area contributed by atoms with Crippen LogP contribution in [-0.4, -0.2) is 35.2 Å². The first-order chi connectivity index (χ1) is 19.4. The van der Waals surface area contributed by atoms with Crippen LogP contribution in [0.25, 0.3) is 22.2 Å². The molecule has 198 valence electrons. The van der Waals surface area contributed by atoms with Crippen molar-refractivity contribution in [3.63, 3.8) is 0 Å². The second kappa shape index (κ2) is 9.34. The number of para-hydroxylation sites is 1. The summed E-state index contributed by atoms with van der Waals surface area (Å²) in [7, 11) is 0. The van der Waals surface area contributed by atoms with Crippen LogP contribution in [0.1, 0.15) is 33.4 Å². The van der Waals surface area contributed by atoms with E-state index in [1.807, 2.05) is 18.2 Å². The van der Waals surface area contributed by atoms with E-state index in [4.69, 9.17) is 9.72 Å². The predicted octanol–water partition coefficient (Wildman–Crippen LogP) is 5.70. The smallest absolute Gasteiger partial charge is 0.339 e. The normalized spacial score (nSPS) is 23.0. The number of fused-ring (bicyclic) bond motifs is 6. The van der Waals surface area contributed by atoms with Crippen LogP contribution in [0, 0.1) is 23.7 Å². The Kier molecular flexibility index (Phi) is 5.75. The zero-order valence-electron chi connectivity index (χ0n) is 21.6. The van der Waals surface area contributed by atoms with Gasteiger partial charge in [-0.05, 0) is 60.9 Å².